The largest absolute Gasteiger partial charge is 0.308 e. The Balaban J connectivity index is 1.71. The molecule has 0 amide bonds. The van der Waals surface area contributed by atoms with Crippen molar-refractivity contribution in [2.45, 2.75) is 51.6 Å². The van der Waals surface area contributed by atoms with Gasteiger partial charge in [-0.3, -0.25) is 0 Å². The lowest BCUT2D eigenvalue weighted by atomic mass is 9.86. The van der Waals surface area contributed by atoms with Crippen molar-refractivity contribution in [1.82, 2.24) is 10.3 Å². The molecule has 3 rings (SSSR count). The second-order valence-electron chi connectivity index (χ2n) is 6.61. The van der Waals surface area contributed by atoms with E-state index in [1.165, 1.54) is 29.0 Å². The smallest absolute Gasteiger partial charge is 0.107 e. The first-order chi connectivity index (χ1) is 9.52. The van der Waals surface area contributed by atoms with Crippen LogP contribution in [0, 0.1) is 0 Å². The maximum atomic E-state index is 4.73. The van der Waals surface area contributed by atoms with Gasteiger partial charge in [0.05, 0.1) is 5.69 Å². The van der Waals surface area contributed by atoms with Gasteiger partial charge in [-0.25, -0.2) is 4.98 Å². The van der Waals surface area contributed by atoms with Gasteiger partial charge in [0.2, 0.25) is 0 Å². The van der Waals surface area contributed by atoms with Gasteiger partial charge in [-0.15, -0.1) is 11.3 Å². The van der Waals surface area contributed by atoms with Crippen molar-refractivity contribution < 1.29 is 0 Å². The normalized spacial score (nSPS) is 15.6. The maximum Gasteiger partial charge on any atom is 0.107 e. The van der Waals surface area contributed by atoms with Gasteiger partial charge in [0.1, 0.15) is 5.01 Å². The number of hydrogen-bond acceptors (Lipinski definition) is 3. The Kier molecular flexibility index (Phi) is 3.65. The van der Waals surface area contributed by atoms with Crippen molar-refractivity contribution in [2.75, 3.05) is 0 Å². The van der Waals surface area contributed by atoms with Gasteiger partial charge in [-0.1, -0.05) is 45.0 Å². The van der Waals surface area contributed by atoms with E-state index in [9.17, 15) is 0 Å². The number of nitrogens with one attached hydrogen (secondary N) is 1. The third kappa shape index (κ3) is 3.28. The highest BCUT2D eigenvalue weighted by atomic mass is 32.1. The first kappa shape index (κ1) is 13.8. The van der Waals surface area contributed by atoms with Crippen molar-refractivity contribution in [3.63, 3.8) is 0 Å². The topological polar surface area (TPSA) is 24.9 Å². The molecule has 1 aliphatic carbocycles. The van der Waals surface area contributed by atoms with Crippen molar-refractivity contribution in [3.05, 3.63) is 40.2 Å². The molecule has 0 radical (unpaired) electrons. The molecule has 1 N–H and O–H groups in total. The maximum absolute atomic E-state index is 4.73. The molecule has 0 aliphatic heterocycles. The monoisotopic (exact) mass is 286 g/mol. The van der Waals surface area contributed by atoms with E-state index in [2.05, 4.69) is 55.7 Å². The molecule has 0 bridgehead atoms. The van der Waals surface area contributed by atoms with E-state index in [-0.39, 0.29) is 5.41 Å². The van der Waals surface area contributed by atoms with Crippen LogP contribution in [0.1, 0.15) is 44.2 Å². The van der Waals surface area contributed by atoms with E-state index in [1.54, 1.807) is 11.3 Å². The number of benzene rings is 1. The fraction of sp³-hybridized carbons (Fsp3) is 0.471. The van der Waals surface area contributed by atoms with Crippen molar-refractivity contribution in [2.24, 2.45) is 0 Å². The zero-order chi connectivity index (χ0) is 14.2. The van der Waals surface area contributed by atoms with Gasteiger partial charge in [0, 0.05) is 23.5 Å². The Labute approximate surface area is 125 Å². The van der Waals surface area contributed by atoms with E-state index >= 15 is 0 Å². The molecule has 1 heterocycles. The summed E-state index contributed by atoms with van der Waals surface area (Å²) in [6.45, 7) is 7.64. The molecule has 106 valence electrons. The Morgan fingerprint density at radius 1 is 1.20 bits per heavy atom. The zero-order valence-corrected chi connectivity index (χ0v) is 13.3. The third-order valence-corrected chi connectivity index (χ3v) is 4.57. The molecule has 0 atom stereocenters. The first-order valence-electron chi connectivity index (χ1n) is 7.31. The summed E-state index contributed by atoms with van der Waals surface area (Å²) in [5.74, 6) is 0. The molecular formula is C17H22N2S. The van der Waals surface area contributed by atoms with Crippen LogP contribution in [0.15, 0.2) is 29.6 Å². The lowest BCUT2D eigenvalue weighted by Gasteiger charge is -2.18. The molecule has 0 saturated heterocycles. The molecule has 1 fully saturated rings. The van der Waals surface area contributed by atoms with Gasteiger partial charge >= 0.3 is 0 Å². The van der Waals surface area contributed by atoms with Gasteiger partial charge in [0.25, 0.3) is 0 Å². The Hall–Kier alpha value is -1.19. The van der Waals surface area contributed by atoms with Crippen LogP contribution in [0.2, 0.25) is 0 Å². The molecule has 1 aliphatic rings. The van der Waals surface area contributed by atoms with Crippen LogP contribution in [0.5, 0.6) is 0 Å². The first-order valence-corrected chi connectivity index (χ1v) is 8.19. The summed E-state index contributed by atoms with van der Waals surface area (Å²) in [4.78, 5) is 4.73. The van der Waals surface area contributed by atoms with E-state index in [0.717, 1.165) is 18.3 Å². The molecule has 2 aromatic rings. The van der Waals surface area contributed by atoms with Crippen molar-refractivity contribution in [3.8, 4) is 11.3 Å². The summed E-state index contributed by atoms with van der Waals surface area (Å²) in [5, 5.41) is 6.86. The SMILES string of the molecule is CC(C)(C)c1ccc(-c2csc(CNC3CC3)n2)cc1. The molecular weight excluding hydrogens is 264 g/mol. The molecule has 0 unspecified atom stereocenters. The molecule has 1 saturated carbocycles. The van der Waals surface area contributed by atoms with Crippen LogP contribution in [-0.2, 0) is 12.0 Å². The van der Waals surface area contributed by atoms with Gasteiger partial charge in [0.15, 0.2) is 0 Å². The Morgan fingerprint density at radius 2 is 1.90 bits per heavy atom. The molecule has 3 heteroatoms. The van der Waals surface area contributed by atoms with Crippen LogP contribution in [-0.4, -0.2) is 11.0 Å². The molecule has 0 spiro atoms. The van der Waals surface area contributed by atoms with Crippen LogP contribution < -0.4 is 5.32 Å². The van der Waals surface area contributed by atoms with E-state index in [1.807, 2.05) is 0 Å². The Bertz CT molecular complexity index is 574. The summed E-state index contributed by atoms with van der Waals surface area (Å²) in [5.41, 5.74) is 3.89. The number of hydrogen-bond donors (Lipinski definition) is 1. The molecule has 1 aromatic heterocycles. The number of aromatic nitrogens is 1. The summed E-state index contributed by atoms with van der Waals surface area (Å²) < 4.78 is 0. The zero-order valence-electron chi connectivity index (χ0n) is 12.4. The van der Waals surface area contributed by atoms with Crippen molar-refractivity contribution >= 4 is 11.3 Å². The Morgan fingerprint density at radius 3 is 2.50 bits per heavy atom. The van der Waals surface area contributed by atoms with Crippen LogP contribution in [0.3, 0.4) is 0 Å². The highest BCUT2D eigenvalue weighted by Gasteiger charge is 2.20. The summed E-state index contributed by atoms with van der Waals surface area (Å²) >= 11 is 1.75. The second-order valence-corrected chi connectivity index (χ2v) is 7.55. The van der Waals surface area contributed by atoms with Crippen molar-refractivity contribution in [1.29, 1.82) is 0 Å². The second kappa shape index (κ2) is 5.30. The molecule has 2 nitrogen and oxygen atoms in total. The fourth-order valence-electron chi connectivity index (χ4n) is 2.18. The van der Waals surface area contributed by atoms with Crippen LogP contribution in [0.4, 0.5) is 0 Å². The summed E-state index contributed by atoms with van der Waals surface area (Å²) in [6.07, 6.45) is 2.65. The quantitative estimate of drug-likeness (QED) is 0.903. The van der Waals surface area contributed by atoms with Crippen LogP contribution >= 0.6 is 11.3 Å². The van der Waals surface area contributed by atoms with Gasteiger partial charge in [-0.05, 0) is 23.8 Å². The van der Waals surface area contributed by atoms with Gasteiger partial charge < -0.3 is 5.32 Å². The molecule has 20 heavy (non-hydrogen) atoms. The minimum absolute atomic E-state index is 0.208. The average molecular weight is 286 g/mol. The summed E-state index contributed by atoms with van der Waals surface area (Å²) in [7, 11) is 0. The lowest BCUT2D eigenvalue weighted by Crippen LogP contribution is -2.14. The number of rotatable bonds is 4. The highest BCUT2D eigenvalue weighted by Crippen LogP contribution is 2.27. The minimum atomic E-state index is 0.208. The summed E-state index contributed by atoms with van der Waals surface area (Å²) in [6, 6.07) is 9.56. The molecule has 1 aromatic carbocycles. The standard InChI is InChI=1S/C17H22N2S/c1-17(2,3)13-6-4-12(5-7-13)15-11-20-16(19-15)10-18-14-8-9-14/h4-7,11,14,18H,8-10H2,1-3H3. The number of thiazole rings is 1. The average Bonchev–Trinajstić information content (AvgIpc) is 3.13. The third-order valence-electron chi connectivity index (χ3n) is 3.72. The van der Waals surface area contributed by atoms with E-state index in [4.69, 9.17) is 4.98 Å². The predicted octanol–water partition coefficient (Wildman–Crippen LogP) is 4.36. The van der Waals surface area contributed by atoms with E-state index in [0.29, 0.717) is 0 Å². The predicted molar refractivity (Wildman–Crippen MR) is 86.1 cm³/mol. The lowest BCUT2D eigenvalue weighted by molar-refractivity contribution is 0.590. The van der Waals surface area contributed by atoms with Gasteiger partial charge in [-0.2, -0.15) is 0 Å². The number of nitrogens with zero attached hydrogens (tertiary/aromatic N) is 1. The minimum Gasteiger partial charge on any atom is -0.308 e. The van der Waals surface area contributed by atoms with E-state index < -0.39 is 0 Å². The van der Waals surface area contributed by atoms with Crippen LogP contribution in [0.25, 0.3) is 11.3 Å². The fourth-order valence-corrected chi connectivity index (χ4v) is 2.94. The highest BCUT2D eigenvalue weighted by molar-refractivity contribution is 7.09.